The first kappa shape index (κ1) is 35.5. The number of nitrogen functional groups attached to an aromatic ring is 1. The van der Waals surface area contributed by atoms with Crippen LogP contribution in [0, 0.1) is 29.1 Å². The summed E-state index contributed by atoms with van der Waals surface area (Å²) in [7, 11) is 0. The highest BCUT2D eigenvalue weighted by molar-refractivity contribution is 6.00. The van der Waals surface area contributed by atoms with Crippen molar-refractivity contribution in [3.63, 3.8) is 0 Å². The van der Waals surface area contributed by atoms with Gasteiger partial charge < -0.3 is 26.0 Å². The van der Waals surface area contributed by atoms with Crippen molar-refractivity contribution in [3.05, 3.63) is 54.9 Å². The fraction of sp³-hybridized carbons (Fsp3) is 0.548. The van der Waals surface area contributed by atoms with Crippen LogP contribution in [-0.2, 0) is 9.59 Å². The molecule has 4 aliphatic carbocycles. The van der Waals surface area contributed by atoms with Crippen LogP contribution in [0.4, 0.5) is 11.5 Å². The molecule has 4 saturated carbocycles. The number of piperidine rings is 1. The molecule has 5 fully saturated rings. The molecule has 1 aliphatic heterocycles. The fourth-order valence-electron chi connectivity index (χ4n) is 10.3. The number of ether oxygens (including phenoxy) is 1. The molecule has 4 aromatic rings. The van der Waals surface area contributed by atoms with Crippen molar-refractivity contribution in [1.29, 1.82) is 0 Å². The number of anilines is 2. The number of hydrogen-bond acceptors (Lipinski definition) is 8. The highest BCUT2D eigenvalue weighted by Gasteiger charge is 2.50. The second-order valence-electron chi connectivity index (χ2n) is 16.5. The zero-order valence-corrected chi connectivity index (χ0v) is 31.2. The van der Waals surface area contributed by atoms with Crippen LogP contribution in [0.15, 0.2) is 54.9 Å². The maximum atomic E-state index is 13.1. The Morgan fingerprint density at radius 1 is 1.00 bits per heavy atom. The normalized spacial score (nSPS) is 24.7. The molecule has 3 heterocycles. The minimum absolute atomic E-state index is 0.0667. The standard InChI is InChI=1S/C42H54N8O3/c1-3-36(51)47-34-22-31(9-10-35(34)53-33-7-5-4-6-8-33)38-37-39(43)45-26-46-40(37)50(48-38)32-12-16-49(17-13-32)18-15-44-41(52)27(2)11-14-42-23-28-19-29(24-42)21-30(20-28)25-42/h4-10,22,26-30,32H,3,11-21,23-25H2,1-2H3,(H,44,52)(H,47,51)(H2,43,45,46)/t27-,28?,29?,30?,42?/m0/s1. The Morgan fingerprint density at radius 2 is 1.72 bits per heavy atom. The molecule has 2 amide bonds. The van der Waals surface area contributed by atoms with E-state index < -0.39 is 0 Å². The molecule has 1 saturated heterocycles. The molecule has 9 rings (SSSR count). The summed E-state index contributed by atoms with van der Waals surface area (Å²) in [6, 6.07) is 15.3. The maximum absolute atomic E-state index is 13.1. The molecule has 2 aromatic carbocycles. The number of nitrogens with zero attached hydrogens (tertiary/aromatic N) is 5. The number of hydrogen-bond donors (Lipinski definition) is 3. The lowest BCUT2D eigenvalue weighted by Gasteiger charge is -2.57. The van der Waals surface area contributed by atoms with Crippen LogP contribution in [0.25, 0.3) is 22.3 Å². The van der Waals surface area contributed by atoms with Crippen LogP contribution in [-0.4, -0.2) is 62.6 Å². The number of amides is 2. The Kier molecular flexibility index (Phi) is 10.1. The van der Waals surface area contributed by atoms with Gasteiger partial charge in [0.25, 0.3) is 0 Å². The monoisotopic (exact) mass is 718 g/mol. The highest BCUT2D eigenvalue weighted by Crippen LogP contribution is 2.61. The molecule has 0 radical (unpaired) electrons. The van der Waals surface area contributed by atoms with Crippen molar-refractivity contribution in [2.45, 2.75) is 90.5 Å². The topological polar surface area (TPSA) is 140 Å². The van der Waals surface area contributed by atoms with Crippen molar-refractivity contribution in [3.8, 4) is 22.8 Å². The van der Waals surface area contributed by atoms with Gasteiger partial charge in [-0.3, -0.25) is 9.59 Å². The van der Waals surface area contributed by atoms with Gasteiger partial charge in [-0.1, -0.05) is 32.0 Å². The zero-order valence-electron chi connectivity index (χ0n) is 31.2. The van der Waals surface area contributed by atoms with Gasteiger partial charge in [0.05, 0.1) is 17.1 Å². The second kappa shape index (κ2) is 15.1. The van der Waals surface area contributed by atoms with Gasteiger partial charge in [0.15, 0.2) is 11.4 Å². The molecule has 2 aromatic heterocycles. The fourth-order valence-corrected chi connectivity index (χ4v) is 10.3. The van der Waals surface area contributed by atoms with E-state index in [1.165, 1.54) is 51.3 Å². The summed E-state index contributed by atoms with van der Waals surface area (Å²) < 4.78 is 8.16. The summed E-state index contributed by atoms with van der Waals surface area (Å²) >= 11 is 0. The zero-order chi connectivity index (χ0) is 36.5. The Bertz CT molecular complexity index is 1900. The first-order valence-corrected chi connectivity index (χ1v) is 19.9. The van der Waals surface area contributed by atoms with Gasteiger partial charge in [0.1, 0.15) is 23.6 Å². The molecule has 4 N–H and O–H groups in total. The first-order chi connectivity index (χ1) is 25.8. The summed E-state index contributed by atoms with van der Waals surface area (Å²) in [4.78, 5) is 37.0. The molecule has 1 atom stereocenters. The van der Waals surface area contributed by atoms with Crippen molar-refractivity contribution >= 4 is 34.4 Å². The SMILES string of the molecule is CCC(=O)Nc1cc(-c2nn(C3CCN(CCNC(=O)[C@@H](C)CCC45CC6CC(CC(C6)C4)C5)CC3)c3ncnc(N)c23)ccc1Oc1ccccc1. The van der Waals surface area contributed by atoms with Crippen molar-refractivity contribution < 1.29 is 14.3 Å². The van der Waals surface area contributed by atoms with E-state index in [1.54, 1.807) is 0 Å². The van der Waals surface area contributed by atoms with E-state index in [0.717, 1.165) is 62.2 Å². The van der Waals surface area contributed by atoms with E-state index in [1.807, 2.05) is 60.1 Å². The molecular formula is C42H54N8O3. The molecule has 0 unspecified atom stereocenters. The molecule has 5 aliphatic rings. The first-order valence-electron chi connectivity index (χ1n) is 19.9. The van der Waals surface area contributed by atoms with Gasteiger partial charge in [0, 0.05) is 44.1 Å². The number of likely N-dealkylation sites (tertiary alicyclic amines) is 1. The van der Waals surface area contributed by atoms with E-state index in [9.17, 15) is 9.59 Å². The van der Waals surface area contributed by atoms with E-state index in [4.69, 9.17) is 15.6 Å². The average molecular weight is 719 g/mol. The van der Waals surface area contributed by atoms with Gasteiger partial charge in [-0.05, 0) is 118 Å². The van der Waals surface area contributed by atoms with Crippen molar-refractivity contribution in [2.75, 3.05) is 37.2 Å². The lowest BCUT2D eigenvalue weighted by Crippen LogP contribution is -2.46. The Morgan fingerprint density at radius 3 is 2.42 bits per heavy atom. The number of carbonyl (C=O) groups excluding carboxylic acids is 2. The smallest absolute Gasteiger partial charge is 0.224 e. The number of rotatable bonds is 13. The quantitative estimate of drug-likeness (QED) is 0.128. The van der Waals surface area contributed by atoms with E-state index in [2.05, 4.69) is 32.4 Å². The maximum Gasteiger partial charge on any atom is 0.224 e. The number of benzene rings is 2. The molecule has 53 heavy (non-hydrogen) atoms. The number of aromatic nitrogens is 4. The summed E-state index contributed by atoms with van der Waals surface area (Å²) in [5.41, 5.74) is 9.70. The molecule has 11 heteroatoms. The van der Waals surface area contributed by atoms with Crippen molar-refractivity contribution in [1.82, 2.24) is 30.0 Å². The van der Waals surface area contributed by atoms with Crippen molar-refractivity contribution in [2.24, 2.45) is 29.1 Å². The number of fused-ring (bicyclic) bond motifs is 1. The lowest BCUT2D eigenvalue weighted by molar-refractivity contribution is -0.125. The van der Waals surface area contributed by atoms with E-state index >= 15 is 0 Å². The number of carbonyl (C=O) groups is 2. The average Bonchev–Trinajstić information content (AvgIpc) is 3.55. The summed E-state index contributed by atoms with van der Waals surface area (Å²) in [5.74, 6) is 4.60. The summed E-state index contributed by atoms with van der Waals surface area (Å²) in [6.45, 7) is 7.25. The highest BCUT2D eigenvalue weighted by atomic mass is 16.5. The minimum Gasteiger partial charge on any atom is -0.455 e. The predicted octanol–water partition coefficient (Wildman–Crippen LogP) is 7.60. The second-order valence-corrected chi connectivity index (χ2v) is 16.5. The third kappa shape index (κ3) is 7.63. The third-order valence-electron chi connectivity index (χ3n) is 12.7. The van der Waals surface area contributed by atoms with Crippen LogP contribution in [0.3, 0.4) is 0 Å². The number of nitrogens with one attached hydrogen (secondary N) is 2. The lowest BCUT2D eigenvalue weighted by atomic mass is 9.48. The largest absolute Gasteiger partial charge is 0.455 e. The number of nitrogens with two attached hydrogens (primary N) is 1. The molecule has 280 valence electrons. The van der Waals surface area contributed by atoms with Gasteiger partial charge in [0.2, 0.25) is 11.8 Å². The van der Waals surface area contributed by atoms with Crippen LogP contribution in [0.1, 0.15) is 90.5 Å². The predicted molar refractivity (Wildman–Crippen MR) is 207 cm³/mol. The molecule has 11 nitrogen and oxygen atoms in total. The van der Waals surface area contributed by atoms with E-state index in [0.29, 0.717) is 58.1 Å². The van der Waals surface area contributed by atoms with Gasteiger partial charge in [-0.25, -0.2) is 14.6 Å². The minimum atomic E-state index is -0.119. The Hall–Kier alpha value is -4.51. The molecular weight excluding hydrogens is 665 g/mol. The number of para-hydroxylation sites is 1. The Labute approximate surface area is 312 Å². The van der Waals surface area contributed by atoms with Gasteiger partial charge >= 0.3 is 0 Å². The Balaban J connectivity index is 0.890. The van der Waals surface area contributed by atoms with Crippen LogP contribution in [0.2, 0.25) is 0 Å². The van der Waals surface area contributed by atoms with Crippen LogP contribution < -0.4 is 21.1 Å². The molecule has 4 bridgehead atoms. The summed E-state index contributed by atoms with van der Waals surface area (Å²) in [6.07, 6.45) is 14.5. The third-order valence-corrected chi connectivity index (χ3v) is 12.7. The van der Waals surface area contributed by atoms with Gasteiger partial charge in [-0.2, -0.15) is 5.10 Å². The summed E-state index contributed by atoms with van der Waals surface area (Å²) in [5, 5.41) is 12.1. The molecule has 0 spiro atoms. The van der Waals surface area contributed by atoms with Gasteiger partial charge in [-0.15, -0.1) is 0 Å². The van der Waals surface area contributed by atoms with Crippen LogP contribution in [0.5, 0.6) is 11.5 Å². The van der Waals surface area contributed by atoms with Crippen LogP contribution >= 0.6 is 0 Å². The van der Waals surface area contributed by atoms with E-state index in [-0.39, 0.29) is 23.8 Å².